The second-order valence-electron chi connectivity index (χ2n) is 5.79. The summed E-state index contributed by atoms with van der Waals surface area (Å²) in [6, 6.07) is 7.96. The van der Waals surface area contributed by atoms with Crippen molar-refractivity contribution in [2.45, 2.75) is 22.6 Å². The highest BCUT2D eigenvalue weighted by Gasteiger charge is 2.39. The Morgan fingerprint density at radius 3 is 2.25 bits per heavy atom. The molecule has 0 radical (unpaired) electrons. The quantitative estimate of drug-likeness (QED) is 0.547. The van der Waals surface area contributed by atoms with Gasteiger partial charge in [0.25, 0.3) is 0 Å². The van der Waals surface area contributed by atoms with Crippen LogP contribution in [-0.2, 0) is 19.8 Å². The maximum atomic E-state index is 13.8. The Morgan fingerprint density at radius 2 is 1.64 bits per heavy atom. The van der Waals surface area contributed by atoms with Crippen LogP contribution in [0.1, 0.15) is 11.3 Å². The van der Waals surface area contributed by atoms with Gasteiger partial charge in [0.2, 0.25) is 0 Å². The third-order valence-electron chi connectivity index (χ3n) is 3.77. The first-order chi connectivity index (χ1) is 13.1. The molecule has 0 saturated carbocycles. The minimum atomic E-state index is -4.72. The summed E-state index contributed by atoms with van der Waals surface area (Å²) < 4.78 is 81.2. The summed E-state index contributed by atoms with van der Waals surface area (Å²) in [7, 11) is 1.35. The van der Waals surface area contributed by atoms with Crippen molar-refractivity contribution in [1.82, 2.24) is 9.78 Å². The minimum Gasteiger partial charge on any atom is -0.378 e. The highest BCUT2D eigenvalue weighted by molar-refractivity contribution is 7.99. The smallest absolute Gasteiger partial charge is 0.378 e. The molecule has 0 aliphatic heterocycles. The molecule has 0 unspecified atom stereocenters. The van der Waals surface area contributed by atoms with E-state index >= 15 is 0 Å². The molecule has 0 bridgehead atoms. The first kappa shape index (κ1) is 20.1. The number of aromatic nitrogens is 2. The van der Waals surface area contributed by atoms with Gasteiger partial charge in [-0.05, 0) is 36.4 Å². The van der Waals surface area contributed by atoms with Crippen molar-refractivity contribution < 1.29 is 26.3 Å². The SMILES string of the molecule is Cn1nc(C(F)(F)F)c(CNc2ccc(F)cc2F)c1Sc1ccc(F)cc1. The lowest BCUT2D eigenvalue weighted by molar-refractivity contribution is -0.142. The van der Waals surface area contributed by atoms with Crippen LogP contribution in [-0.4, -0.2) is 9.78 Å². The molecule has 3 aromatic rings. The summed E-state index contributed by atoms with van der Waals surface area (Å²) in [4.78, 5) is 0.507. The fourth-order valence-electron chi connectivity index (χ4n) is 2.50. The molecule has 148 valence electrons. The fraction of sp³-hybridized carbons (Fsp3) is 0.167. The van der Waals surface area contributed by atoms with Crippen LogP contribution in [0.5, 0.6) is 0 Å². The number of aryl methyl sites for hydroxylation is 1. The largest absolute Gasteiger partial charge is 0.435 e. The number of hydrogen-bond donors (Lipinski definition) is 1. The van der Waals surface area contributed by atoms with Crippen molar-refractivity contribution in [2.75, 3.05) is 5.32 Å². The van der Waals surface area contributed by atoms with Crippen LogP contribution in [0.2, 0.25) is 0 Å². The molecule has 0 fully saturated rings. The number of halogens is 6. The minimum absolute atomic E-state index is 0.142. The number of alkyl halides is 3. The van der Waals surface area contributed by atoms with Crippen LogP contribution < -0.4 is 5.32 Å². The second kappa shape index (κ2) is 7.78. The molecule has 0 saturated heterocycles. The first-order valence-corrected chi connectivity index (χ1v) is 8.72. The lowest BCUT2D eigenvalue weighted by atomic mass is 10.2. The van der Waals surface area contributed by atoms with Crippen molar-refractivity contribution in [3.63, 3.8) is 0 Å². The maximum Gasteiger partial charge on any atom is 0.435 e. The van der Waals surface area contributed by atoms with Gasteiger partial charge in [-0.3, -0.25) is 4.68 Å². The molecule has 0 aliphatic carbocycles. The van der Waals surface area contributed by atoms with Gasteiger partial charge < -0.3 is 5.32 Å². The van der Waals surface area contributed by atoms with E-state index in [2.05, 4.69) is 10.4 Å². The zero-order chi connectivity index (χ0) is 20.5. The zero-order valence-corrected chi connectivity index (χ0v) is 15.1. The molecule has 0 atom stereocenters. The highest BCUT2D eigenvalue weighted by atomic mass is 32.2. The number of nitrogens with zero attached hydrogens (tertiary/aromatic N) is 2. The van der Waals surface area contributed by atoms with Crippen molar-refractivity contribution in [3.05, 3.63) is 71.2 Å². The molecule has 1 N–H and O–H groups in total. The van der Waals surface area contributed by atoms with Crippen LogP contribution in [0.3, 0.4) is 0 Å². The molecule has 0 aliphatic rings. The Bertz CT molecular complexity index is 982. The molecule has 1 aromatic heterocycles. The molecule has 3 nitrogen and oxygen atoms in total. The second-order valence-corrected chi connectivity index (χ2v) is 6.85. The van der Waals surface area contributed by atoms with Crippen molar-refractivity contribution in [2.24, 2.45) is 7.05 Å². The first-order valence-electron chi connectivity index (χ1n) is 7.90. The Kier molecular flexibility index (Phi) is 5.59. The van der Waals surface area contributed by atoms with Crippen molar-refractivity contribution in [3.8, 4) is 0 Å². The van der Waals surface area contributed by atoms with Crippen LogP contribution in [0.15, 0.2) is 52.4 Å². The van der Waals surface area contributed by atoms with Gasteiger partial charge in [0, 0.05) is 30.1 Å². The summed E-state index contributed by atoms with van der Waals surface area (Å²) in [5.74, 6) is -2.20. The van der Waals surface area contributed by atoms with Crippen LogP contribution in [0, 0.1) is 17.5 Å². The third-order valence-corrected chi connectivity index (χ3v) is 4.98. The number of benzene rings is 2. The molecule has 10 heteroatoms. The molecular formula is C18H13F6N3S. The van der Waals surface area contributed by atoms with E-state index in [1.165, 1.54) is 31.3 Å². The topological polar surface area (TPSA) is 29.9 Å². The van der Waals surface area contributed by atoms with Crippen LogP contribution >= 0.6 is 11.8 Å². The summed E-state index contributed by atoms with van der Waals surface area (Å²) in [5, 5.41) is 6.26. The average Bonchev–Trinajstić information content (AvgIpc) is 2.92. The predicted molar refractivity (Wildman–Crippen MR) is 92.4 cm³/mol. The fourth-order valence-corrected chi connectivity index (χ4v) is 3.46. The van der Waals surface area contributed by atoms with E-state index in [0.717, 1.165) is 28.6 Å². The standard InChI is InChI=1S/C18H13F6N3S/c1-27-17(28-12-5-2-10(19)3-6-12)13(16(26-27)18(22,23)24)9-25-15-7-4-11(20)8-14(15)21/h2-8,25H,9H2,1H3. The summed E-state index contributed by atoms with van der Waals surface area (Å²) in [5.41, 5.74) is -1.46. The van der Waals surface area contributed by atoms with Crippen molar-refractivity contribution in [1.29, 1.82) is 0 Å². The van der Waals surface area contributed by atoms with Gasteiger partial charge in [-0.25, -0.2) is 13.2 Å². The van der Waals surface area contributed by atoms with Crippen molar-refractivity contribution >= 4 is 17.4 Å². The maximum absolute atomic E-state index is 13.8. The number of nitrogens with one attached hydrogen (secondary N) is 1. The van der Waals surface area contributed by atoms with Gasteiger partial charge in [-0.15, -0.1) is 0 Å². The lowest BCUT2D eigenvalue weighted by Gasteiger charge is -2.12. The summed E-state index contributed by atoms with van der Waals surface area (Å²) in [6.45, 7) is -0.394. The summed E-state index contributed by atoms with van der Waals surface area (Å²) in [6.07, 6.45) is -4.72. The summed E-state index contributed by atoms with van der Waals surface area (Å²) >= 11 is 0.968. The van der Waals surface area contributed by atoms with E-state index in [9.17, 15) is 26.3 Å². The Hall–Kier alpha value is -2.62. The van der Waals surface area contributed by atoms with E-state index in [1.54, 1.807) is 0 Å². The van der Waals surface area contributed by atoms with E-state index < -0.39 is 35.9 Å². The molecule has 0 amide bonds. The Morgan fingerprint density at radius 1 is 1.00 bits per heavy atom. The third kappa shape index (κ3) is 4.44. The highest BCUT2D eigenvalue weighted by Crippen LogP contribution is 2.38. The molecule has 3 rings (SSSR count). The average molecular weight is 417 g/mol. The molecule has 1 heterocycles. The lowest BCUT2D eigenvalue weighted by Crippen LogP contribution is -2.12. The Labute approximate surface area is 160 Å². The van der Waals surface area contributed by atoms with Crippen LogP contribution in [0.25, 0.3) is 0 Å². The normalized spacial score (nSPS) is 11.7. The van der Waals surface area contributed by atoms with Gasteiger partial charge in [0.1, 0.15) is 22.5 Å². The zero-order valence-electron chi connectivity index (χ0n) is 14.3. The molecule has 28 heavy (non-hydrogen) atoms. The number of anilines is 1. The predicted octanol–water partition coefficient (Wildman–Crippen LogP) is 5.62. The monoisotopic (exact) mass is 417 g/mol. The Balaban J connectivity index is 1.95. The van der Waals surface area contributed by atoms with E-state index in [4.69, 9.17) is 0 Å². The van der Waals surface area contributed by atoms with Gasteiger partial charge in [-0.2, -0.15) is 18.3 Å². The van der Waals surface area contributed by atoms with E-state index in [-0.39, 0.29) is 16.3 Å². The number of rotatable bonds is 5. The van der Waals surface area contributed by atoms with Crippen LogP contribution in [0.4, 0.5) is 32.0 Å². The molecule has 2 aromatic carbocycles. The van der Waals surface area contributed by atoms with Gasteiger partial charge >= 0.3 is 6.18 Å². The van der Waals surface area contributed by atoms with E-state index in [1.807, 2.05) is 0 Å². The van der Waals surface area contributed by atoms with Gasteiger partial charge in [0.15, 0.2) is 5.69 Å². The number of hydrogen-bond acceptors (Lipinski definition) is 3. The molecular weight excluding hydrogens is 404 g/mol. The van der Waals surface area contributed by atoms with E-state index in [0.29, 0.717) is 11.0 Å². The van der Waals surface area contributed by atoms with Gasteiger partial charge in [-0.1, -0.05) is 11.8 Å². The van der Waals surface area contributed by atoms with Gasteiger partial charge in [0.05, 0.1) is 5.69 Å². The molecule has 0 spiro atoms.